The molecule has 3 heterocycles. The largest absolute Gasteiger partial charge is 0.317 e. The number of aromatic nitrogens is 3. The van der Waals surface area contributed by atoms with E-state index in [9.17, 15) is 0 Å². The highest BCUT2D eigenvalue weighted by atomic mass is 15.0. The number of rotatable bonds is 2. The molecular weight excluding hydrogens is 390 g/mol. The lowest BCUT2D eigenvalue weighted by Crippen LogP contribution is -1.96. The van der Waals surface area contributed by atoms with E-state index in [1.54, 1.807) is 0 Å². The molecule has 3 aromatic heterocycles. The second kappa shape index (κ2) is 6.56. The van der Waals surface area contributed by atoms with Gasteiger partial charge in [-0.2, -0.15) is 0 Å². The molecule has 7 rings (SSSR count). The third kappa shape index (κ3) is 2.39. The van der Waals surface area contributed by atoms with Crippen LogP contribution in [-0.4, -0.2) is 14.1 Å². The Morgan fingerprint density at radius 3 is 2.22 bits per heavy atom. The maximum atomic E-state index is 4.56. The predicted molar refractivity (Wildman–Crippen MR) is 133 cm³/mol. The van der Waals surface area contributed by atoms with E-state index in [1.807, 2.05) is 12.4 Å². The SMILES string of the molecule is c1ccc(-n2ccc3cc4c(cc32)c2ccccc2n4-c2cncc3ccccc23)cc1. The van der Waals surface area contributed by atoms with Crippen molar-refractivity contribution in [1.29, 1.82) is 0 Å². The summed E-state index contributed by atoms with van der Waals surface area (Å²) < 4.78 is 4.62. The first-order valence-corrected chi connectivity index (χ1v) is 10.8. The summed E-state index contributed by atoms with van der Waals surface area (Å²) in [6.45, 7) is 0. The van der Waals surface area contributed by atoms with Crippen LogP contribution in [0.25, 0.3) is 54.9 Å². The quantitative estimate of drug-likeness (QED) is 0.294. The van der Waals surface area contributed by atoms with Crippen molar-refractivity contribution in [2.45, 2.75) is 0 Å². The van der Waals surface area contributed by atoms with E-state index in [0.717, 1.165) is 11.1 Å². The van der Waals surface area contributed by atoms with Gasteiger partial charge >= 0.3 is 0 Å². The highest BCUT2D eigenvalue weighted by Gasteiger charge is 2.16. The summed E-state index contributed by atoms with van der Waals surface area (Å²) in [5, 5.41) is 6.06. The van der Waals surface area contributed by atoms with Crippen molar-refractivity contribution < 1.29 is 0 Å². The molecule has 0 amide bonds. The minimum Gasteiger partial charge on any atom is -0.317 e. The summed E-state index contributed by atoms with van der Waals surface area (Å²) in [5.74, 6) is 0. The second-order valence-corrected chi connectivity index (χ2v) is 8.18. The van der Waals surface area contributed by atoms with E-state index in [2.05, 4.69) is 117 Å². The lowest BCUT2D eigenvalue weighted by Gasteiger charge is -2.11. The van der Waals surface area contributed by atoms with Crippen molar-refractivity contribution in [3.63, 3.8) is 0 Å². The van der Waals surface area contributed by atoms with Crippen molar-refractivity contribution in [3.05, 3.63) is 116 Å². The molecule has 0 radical (unpaired) electrons. The van der Waals surface area contributed by atoms with E-state index >= 15 is 0 Å². The van der Waals surface area contributed by atoms with Crippen LogP contribution in [-0.2, 0) is 0 Å². The monoisotopic (exact) mass is 409 g/mol. The highest BCUT2D eigenvalue weighted by molar-refractivity contribution is 6.14. The maximum Gasteiger partial charge on any atom is 0.0723 e. The third-order valence-corrected chi connectivity index (χ3v) is 6.41. The molecule has 0 atom stereocenters. The number of pyridine rings is 1. The number of para-hydroxylation sites is 2. The normalized spacial score (nSPS) is 11.8. The number of fused-ring (bicyclic) bond motifs is 5. The molecule has 0 unspecified atom stereocenters. The van der Waals surface area contributed by atoms with Crippen molar-refractivity contribution in [1.82, 2.24) is 14.1 Å². The lowest BCUT2D eigenvalue weighted by molar-refractivity contribution is 1.13. The Morgan fingerprint density at radius 2 is 1.31 bits per heavy atom. The Labute approximate surface area is 184 Å². The van der Waals surface area contributed by atoms with Gasteiger partial charge in [-0.3, -0.25) is 4.98 Å². The maximum absolute atomic E-state index is 4.56. The summed E-state index contributed by atoms with van der Waals surface area (Å²) in [4.78, 5) is 4.56. The first kappa shape index (κ1) is 17.3. The Morgan fingerprint density at radius 1 is 0.531 bits per heavy atom. The molecule has 3 nitrogen and oxygen atoms in total. The van der Waals surface area contributed by atoms with Crippen LogP contribution in [0.4, 0.5) is 0 Å². The van der Waals surface area contributed by atoms with Crippen LogP contribution in [0.2, 0.25) is 0 Å². The number of hydrogen-bond donors (Lipinski definition) is 0. The third-order valence-electron chi connectivity index (χ3n) is 6.41. The molecule has 150 valence electrons. The molecule has 0 N–H and O–H groups in total. The van der Waals surface area contributed by atoms with Gasteiger partial charge in [-0.25, -0.2) is 0 Å². The molecule has 0 aliphatic rings. The van der Waals surface area contributed by atoms with Crippen LogP contribution in [0.5, 0.6) is 0 Å². The molecule has 32 heavy (non-hydrogen) atoms. The minimum atomic E-state index is 1.11. The highest BCUT2D eigenvalue weighted by Crippen LogP contribution is 2.37. The summed E-state index contributed by atoms with van der Waals surface area (Å²) >= 11 is 0. The fourth-order valence-electron chi connectivity index (χ4n) is 4.95. The van der Waals surface area contributed by atoms with Gasteiger partial charge in [0.25, 0.3) is 0 Å². The topological polar surface area (TPSA) is 22.8 Å². The zero-order valence-corrected chi connectivity index (χ0v) is 17.3. The molecule has 7 aromatic rings. The Hall–Kier alpha value is -4.37. The summed E-state index contributed by atoms with van der Waals surface area (Å²) in [6.07, 6.45) is 6.07. The molecule has 0 aliphatic heterocycles. The van der Waals surface area contributed by atoms with Crippen LogP contribution in [0.3, 0.4) is 0 Å². The van der Waals surface area contributed by atoms with Gasteiger partial charge in [0.2, 0.25) is 0 Å². The van der Waals surface area contributed by atoms with Crippen LogP contribution in [0.1, 0.15) is 0 Å². The zero-order valence-electron chi connectivity index (χ0n) is 17.3. The first-order chi connectivity index (χ1) is 15.9. The first-order valence-electron chi connectivity index (χ1n) is 10.8. The van der Waals surface area contributed by atoms with E-state index in [1.165, 1.54) is 43.8 Å². The van der Waals surface area contributed by atoms with Crippen molar-refractivity contribution in [2.24, 2.45) is 0 Å². The zero-order chi connectivity index (χ0) is 21.1. The van der Waals surface area contributed by atoms with Crippen molar-refractivity contribution in [3.8, 4) is 11.4 Å². The van der Waals surface area contributed by atoms with Crippen LogP contribution in [0.15, 0.2) is 116 Å². The predicted octanol–water partition coefficient (Wildman–Crippen LogP) is 7.28. The van der Waals surface area contributed by atoms with Crippen LogP contribution >= 0.6 is 0 Å². The van der Waals surface area contributed by atoms with Crippen molar-refractivity contribution in [2.75, 3.05) is 0 Å². The van der Waals surface area contributed by atoms with Gasteiger partial charge in [-0.1, -0.05) is 60.7 Å². The average molecular weight is 409 g/mol. The van der Waals surface area contributed by atoms with E-state index in [0.29, 0.717) is 0 Å². The molecule has 0 aliphatic carbocycles. The molecule has 0 spiro atoms. The van der Waals surface area contributed by atoms with Gasteiger partial charge in [0.1, 0.15) is 0 Å². The standard InChI is InChI=1S/C29H19N3/c1-2-9-22(10-3-1)31-15-14-20-16-28-25(17-27(20)31)24-12-6-7-13-26(24)32(28)29-19-30-18-21-8-4-5-11-23(21)29/h1-19H. The van der Waals surface area contributed by atoms with Crippen molar-refractivity contribution >= 4 is 43.5 Å². The molecule has 0 saturated carbocycles. The van der Waals surface area contributed by atoms with Gasteiger partial charge < -0.3 is 9.13 Å². The number of hydrogen-bond acceptors (Lipinski definition) is 1. The average Bonchev–Trinajstić information content (AvgIpc) is 3.41. The fraction of sp³-hybridized carbons (Fsp3) is 0. The second-order valence-electron chi connectivity index (χ2n) is 8.18. The fourth-order valence-corrected chi connectivity index (χ4v) is 4.95. The van der Waals surface area contributed by atoms with Gasteiger partial charge in [-0.05, 0) is 36.4 Å². The van der Waals surface area contributed by atoms with E-state index < -0.39 is 0 Å². The lowest BCUT2D eigenvalue weighted by atomic mass is 10.1. The summed E-state index contributed by atoms with van der Waals surface area (Å²) in [5.41, 5.74) is 5.88. The Kier molecular flexibility index (Phi) is 3.55. The van der Waals surface area contributed by atoms with Gasteiger partial charge in [-0.15, -0.1) is 0 Å². The van der Waals surface area contributed by atoms with Crippen LogP contribution < -0.4 is 0 Å². The Balaban J connectivity index is 1.62. The van der Waals surface area contributed by atoms with Gasteiger partial charge in [0, 0.05) is 45.0 Å². The number of nitrogens with zero attached hydrogens (tertiary/aromatic N) is 3. The number of benzene rings is 4. The van der Waals surface area contributed by atoms with E-state index in [4.69, 9.17) is 0 Å². The molecular formula is C29H19N3. The Bertz CT molecular complexity index is 1770. The van der Waals surface area contributed by atoms with Crippen LogP contribution in [0, 0.1) is 0 Å². The molecule has 0 fully saturated rings. The van der Waals surface area contributed by atoms with E-state index in [-0.39, 0.29) is 0 Å². The van der Waals surface area contributed by atoms with Gasteiger partial charge in [0.05, 0.1) is 28.4 Å². The summed E-state index contributed by atoms with van der Waals surface area (Å²) in [7, 11) is 0. The summed E-state index contributed by atoms with van der Waals surface area (Å²) in [6, 6.07) is 34.5. The smallest absolute Gasteiger partial charge is 0.0723 e. The van der Waals surface area contributed by atoms with Gasteiger partial charge in [0.15, 0.2) is 0 Å². The molecule has 0 bridgehead atoms. The molecule has 0 saturated heterocycles. The minimum absolute atomic E-state index is 1.11. The molecule has 4 aromatic carbocycles. The molecule has 3 heteroatoms.